The van der Waals surface area contributed by atoms with Crippen LogP contribution in [0.3, 0.4) is 0 Å². The molecular weight excluding hydrogens is 518 g/mol. The summed E-state index contributed by atoms with van der Waals surface area (Å²) in [4.78, 5) is 28.2. The zero-order chi connectivity index (χ0) is 29.0. The first kappa shape index (κ1) is 28.4. The number of aryl methyl sites for hydroxylation is 1. The highest BCUT2D eigenvalue weighted by atomic mass is 16.5. The number of anilines is 1. The maximum atomic E-state index is 13.6. The van der Waals surface area contributed by atoms with Crippen LogP contribution in [0.1, 0.15) is 43.8 Å². The van der Waals surface area contributed by atoms with Gasteiger partial charge in [-0.2, -0.15) is 5.10 Å². The zero-order valence-electron chi connectivity index (χ0n) is 24.1. The lowest BCUT2D eigenvalue weighted by Crippen LogP contribution is -2.38. The number of hydrogen-bond acceptors (Lipinski definition) is 7. The smallest absolute Gasteiger partial charge is 0.259 e. The van der Waals surface area contributed by atoms with Crippen molar-refractivity contribution in [3.63, 3.8) is 0 Å². The maximum Gasteiger partial charge on any atom is 0.259 e. The second kappa shape index (κ2) is 12.2. The van der Waals surface area contributed by atoms with E-state index in [4.69, 9.17) is 14.6 Å². The van der Waals surface area contributed by atoms with Crippen LogP contribution in [0.25, 0.3) is 16.5 Å². The summed E-state index contributed by atoms with van der Waals surface area (Å²) in [5.74, 6) is 0.212. The Bertz CT molecular complexity index is 1520. The van der Waals surface area contributed by atoms with Gasteiger partial charge in [-0.1, -0.05) is 62.7 Å². The van der Waals surface area contributed by atoms with Crippen LogP contribution in [-0.4, -0.2) is 60.0 Å². The largest absolute Gasteiger partial charge is 0.492 e. The molecule has 5 rings (SSSR count). The minimum atomic E-state index is -1.30. The molecule has 1 atom stereocenters. The van der Waals surface area contributed by atoms with Crippen LogP contribution in [0.4, 0.5) is 5.69 Å². The summed E-state index contributed by atoms with van der Waals surface area (Å²) in [7, 11) is 0. The van der Waals surface area contributed by atoms with E-state index in [-0.39, 0.29) is 5.41 Å². The molecule has 1 unspecified atom stereocenters. The molecule has 1 aliphatic heterocycles. The quantitative estimate of drug-likeness (QED) is 0.263. The molecule has 1 amide bonds. The predicted molar refractivity (Wildman–Crippen MR) is 161 cm³/mol. The van der Waals surface area contributed by atoms with Crippen LogP contribution >= 0.6 is 0 Å². The van der Waals surface area contributed by atoms with E-state index in [1.165, 1.54) is 0 Å². The van der Waals surface area contributed by atoms with Crippen molar-refractivity contribution >= 4 is 22.4 Å². The van der Waals surface area contributed by atoms with Gasteiger partial charge in [0.25, 0.3) is 5.91 Å². The van der Waals surface area contributed by atoms with Crippen LogP contribution < -0.4 is 10.1 Å². The van der Waals surface area contributed by atoms with E-state index in [0.717, 1.165) is 66.3 Å². The number of hydrogen-bond donors (Lipinski definition) is 1. The van der Waals surface area contributed by atoms with Gasteiger partial charge in [0, 0.05) is 41.5 Å². The summed E-state index contributed by atoms with van der Waals surface area (Å²) >= 11 is 0. The molecule has 41 heavy (non-hydrogen) atoms. The molecule has 0 radical (unpaired) electrons. The molecule has 9 nitrogen and oxygen atoms in total. The van der Waals surface area contributed by atoms with Gasteiger partial charge in [0.1, 0.15) is 12.4 Å². The van der Waals surface area contributed by atoms with Gasteiger partial charge in [-0.25, -0.2) is 4.68 Å². The number of nitrogens with zero attached hydrogens (tertiary/aromatic N) is 4. The fraction of sp³-hybridized carbons (Fsp3) is 0.375. The van der Waals surface area contributed by atoms with Crippen molar-refractivity contribution in [2.24, 2.45) is 5.18 Å². The number of morpholine rings is 1. The molecule has 0 spiro atoms. The number of benzene rings is 3. The number of rotatable bonds is 9. The Labute approximate surface area is 240 Å². The van der Waals surface area contributed by atoms with E-state index in [1.54, 1.807) is 10.7 Å². The molecule has 4 aromatic rings. The van der Waals surface area contributed by atoms with Crippen molar-refractivity contribution in [1.82, 2.24) is 14.7 Å². The molecule has 0 aliphatic carbocycles. The first-order chi connectivity index (χ1) is 19.7. The Kier molecular flexibility index (Phi) is 8.46. The summed E-state index contributed by atoms with van der Waals surface area (Å²) < 4.78 is 13.2. The number of amides is 1. The van der Waals surface area contributed by atoms with Crippen LogP contribution in [0.5, 0.6) is 5.75 Å². The lowest BCUT2D eigenvalue weighted by Gasteiger charge is -2.26. The summed E-state index contributed by atoms with van der Waals surface area (Å²) in [6, 6.07) is 19.7. The summed E-state index contributed by atoms with van der Waals surface area (Å²) in [5, 5.41) is 12.7. The van der Waals surface area contributed by atoms with Crippen molar-refractivity contribution < 1.29 is 14.3 Å². The number of nitroso groups, excluding NO2 is 1. The fourth-order valence-electron chi connectivity index (χ4n) is 4.90. The number of ether oxygens (including phenoxy) is 2. The van der Waals surface area contributed by atoms with Crippen molar-refractivity contribution in [2.75, 3.05) is 44.8 Å². The number of nitrogens with one attached hydrogen (secondary N) is 1. The first-order valence-electron chi connectivity index (χ1n) is 14.0. The minimum Gasteiger partial charge on any atom is -0.492 e. The highest BCUT2D eigenvalue weighted by Gasteiger charge is 2.30. The summed E-state index contributed by atoms with van der Waals surface area (Å²) in [6.45, 7) is 12.8. The van der Waals surface area contributed by atoms with Crippen molar-refractivity contribution in [3.8, 4) is 11.4 Å². The Morgan fingerprint density at radius 1 is 1.05 bits per heavy atom. The van der Waals surface area contributed by atoms with Crippen molar-refractivity contribution in [1.29, 1.82) is 0 Å². The standard InChI is InChI=1S/C32H37N5O4/c1-22-9-11-23(12-10-22)37-27(21-29(34-37)32(2,3)4)30(35-39)31(38)33-26-13-14-28(25-8-6-5-7-24(25)26)41-20-17-36-15-18-40-19-16-36/h5-14,21,30H,15-20H2,1-4H3,(H,33,38). The molecule has 0 bridgehead atoms. The molecule has 1 aromatic heterocycles. The highest BCUT2D eigenvalue weighted by molar-refractivity contribution is 6.05. The molecular formula is C32H37N5O4. The molecule has 1 fully saturated rings. The average Bonchev–Trinajstić information content (AvgIpc) is 3.41. The van der Waals surface area contributed by atoms with Crippen LogP contribution in [0.2, 0.25) is 0 Å². The molecule has 3 aromatic carbocycles. The molecule has 2 heterocycles. The minimum absolute atomic E-state index is 0.289. The van der Waals surface area contributed by atoms with Gasteiger partial charge in [-0.15, -0.1) is 4.91 Å². The number of fused-ring (bicyclic) bond motifs is 1. The monoisotopic (exact) mass is 555 g/mol. The van der Waals surface area contributed by atoms with Gasteiger partial charge >= 0.3 is 0 Å². The SMILES string of the molecule is Cc1ccc(-n2nc(C(C)(C)C)cc2C(N=O)C(=O)Nc2ccc(OCCN3CCOCC3)c3ccccc23)cc1. The molecule has 214 valence electrons. The van der Waals surface area contributed by atoms with E-state index < -0.39 is 11.9 Å². The lowest BCUT2D eigenvalue weighted by atomic mass is 9.92. The Morgan fingerprint density at radius 3 is 2.44 bits per heavy atom. The Hall–Kier alpha value is -4.08. The van der Waals surface area contributed by atoms with E-state index in [2.05, 4.69) is 15.4 Å². The maximum absolute atomic E-state index is 13.6. The summed E-state index contributed by atoms with van der Waals surface area (Å²) in [5.41, 5.74) is 3.32. The van der Waals surface area contributed by atoms with Crippen LogP contribution in [-0.2, 0) is 14.9 Å². The second-order valence-electron chi connectivity index (χ2n) is 11.4. The number of carbonyl (C=O) groups excluding carboxylic acids is 1. The third-order valence-electron chi connectivity index (χ3n) is 7.33. The Balaban J connectivity index is 1.40. The average molecular weight is 556 g/mol. The number of carbonyl (C=O) groups is 1. The highest BCUT2D eigenvalue weighted by Crippen LogP contribution is 2.34. The lowest BCUT2D eigenvalue weighted by molar-refractivity contribution is -0.117. The van der Waals surface area contributed by atoms with Gasteiger partial charge in [0.05, 0.1) is 30.3 Å². The third kappa shape index (κ3) is 6.47. The molecule has 9 heteroatoms. The van der Waals surface area contributed by atoms with Gasteiger partial charge in [-0.3, -0.25) is 9.69 Å². The third-order valence-corrected chi connectivity index (χ3v) is 7.33. The second-order valence-corrected chi connectivity index (χ2v) is 11.4. The summed E-state index contributed by atoms with van der Waals surface area (Å²) in [6.07, 6.45) is 0. The van der Waals surface area contributed by atoms with Gasteiger partial charge in [0.15, 0.2) is 0 Å². The van der Waals surface area contributed by atoms with Crippen molar-refractivity contribution in [3.05, 3.63) is 88.6 Å². The number of aromatic nitrogens is 2. The zero-order valence-corrected chi connectivity index (χ0v) is 24.1. The van der Waals surface area contributed by atoms with Crippen LogP contribution in [0.15, 0.2) is 71.9 Å². The van der Waals surface area contributed by atoms with Gasteiger partial charge in [0.2, 0.25) is 6.04 Å². The molecule has 1 saturated heterocycles. The fourth-order valence-corrected chi connectivity index (χ4v) is 4.90. The van der Waals surface area contributed by atoms with E-state index >= 15 is 0 Å². The molecule has 1 N–H and O–H groups in total. The first-order valence-corrected chi connectivity index (χ1v) is 14.0. The van der Waals surface area contributed by atoms with Crippen molar-refractivity contribution in [2.45, 2.75) is 39.2 Å². The van der Waals surface area contributed by atoms with Crippen LogP contribution in [0, 0.1) is 11.8 Å². The van der Waals surface area contributed by atoms with E-state index in [0.29, 0.717) is 18.0 Å². The van der Waals surface area contributed by atoms with E-state index in [1.807, 2.05) is 88.4 Å². The Morgan fingerprint density at radius 2 is 1.76 bits per heavy atom. The van der Waals surface area contributed by atoms with Gasteiger partial charge in [-0.05, 0) is 42.4 Å². The van der Waals surface area contributed by atoms with Gasteiger partial charge < -0.3 is 14.8 Å². The topological polar surface area (TPSA) is 98.0 Å². The molecule has 0 saturated carbocycles. The normalized spacial score (nSPS) is 15.0. The van der Waals surface area contributed by atoms with E-state index in [9.17, 15) is 9.70 Å². The molecule has 1 aliphatic rings. The predicted octanol–water partition coefficient (Wildman–Crippen LogP) is 5.79.